The number of carboxylic acid groups (broad SMARTS) is 1. The van der Waals surface area contributed by atoms with Crippen LogP contribution in [-0.4, -0.2) is 128 Å². The van der Waals surface area contributed by atoms with Crippen LogP contribution in [-0.2, 0) is 45.1 Å². The van der Waals surface area contributed by atoms with E-state index in [1.807, 2.05) is 18.2 Å². The molecule has 9 atom stereocenters. The maximum absolute atomic E-state index is 15.2. The summed E-state index contributed by atoms with van der Waals surface area (Å²) in [6.07, 6.45) is 12.2. The Balaban J connectivity index is 0.00000198. The highest BCUT2D eigenvalue weighted by Gasteiger charge is 2.63. The Kier molecular flexibility index (Phi) is 14.7. The average Bonchev–Trinajstić information content (AvgIpc) is 4.30. The van der Waals surface area contributed by atoms with Gasteiger partial charge in [0.15, 0.2) is 0 Å². The number of carbonyl (C=O) groups excluding carboxylic acids is 5. The summed E-state index contributed by atoms with van der Waals surface area (Å²) in [6, 6.07) is 6.56. The number of sulfonamides is 1. The predicted octanol–water partition coefficient (Wildman–Crippen LogP) is 2.40. The van der Waals surface area contributed by atoms with Crippen molar-refractivity contribution in [3.8, 4) is 11.6 Å². The van der Waals surface area contributed by atoms with Gasteiger partial charge in [0.2, 0.25) is 27.7 Å². The second kappa shape index (κ2) is 20.6. The molecule has 4 bridgehead atoms. The third-order valence-electron chi connectivity index (χ3n) is 16.7. The minimum absolute atomic E-state index is 0.00410. The quantitative estimate of drug-likeness (QED) is 0.198. The van der Waals surface area contributed by atoms with Crippen LogP contribution in [0.1, 0.15) is 122 Å². The number of hydrogen-bond acceptors (Lipinski definition) is 13. The molecule has 19 heteroatoms. The van der Waals surface area contributed by atoms with Crippen molar-refractivity contribution in [2.45, 2.75) is 176 Å². The summed E-state index contributed by atoms with van der Waals surface area (Å²) < 4.78 is 53.9. The SMILES string of the molecule is C=C[C@@H]1C[C@]1(NC(=O)[C@@H]1C[C@@H]2CN1C(=O)[C@H](C1CCCCC1)NC(=O)O[C@@H]1C[C@H]1CCCCCc1c(nc3ccccc3c1OC1CC3COCC(C1)[NH+]3CC)O2)C(=O)NS(=O)(=O)C1(C)CC1.O=C[O-]. The number of para-hydroxylation sites is 1. The molecule has 7 fully saturated rings. The highest BCUT2D eigenvalue weighted by Crippen LogP contribution is 2.48. The van der Waals surface area contributed by atoms with Crippen LogP contribution < -0.4 is 34.8 Å². The number of nitrogens with one attached hydrogen (secondary N) is 4. The molecule has 0 spiro atoms. The number of fused-ring (bicyclic) bond motifs is 7. The van der Waals surface area contributed by atoms with Crippen molar-refractivity contribution in [3.05, 3.63) is 42.5 Å². The van der Waals surface area contributed by atoms with Crippen LogP contribution >= 0.6 is 0 Å². The number of alkyl carbamates (subject to hydrolysis) is 1. The number of likely N-dealkylation sites (N-methyl/N-ethyl adjacent to an activating group) is 1. The van der Waals surface area contributed by atoms with Gasteiger partial charge >= 0.3 is 6.09 Å². The number of piperidine rings is 1. The number of quaternary nitrogens is 1. The van der Waals surface area contributed by atoms with Crippen molar-refractivity contribution in [3.63, 3.8) is 0 Å². The van der Waals surface area contributed by atoms with Crippen molar-refractivity contribution in [2.24, 2.45) is 17.8 Å². The molecular formula is C51H70N6O12S. The van der Waals surface area contributed by atoms with E-state index in [4.69, 9.17) is 33.8 Å². The van der Waals surface area contributed by atoms with E-state index in [1.54, 1.807) is 17.9 Å². The van der Waals surface area contributed by atoms with Gasteiger partial charge in [-0.25, -0.2) is 18.2 Å². The maximum Gasteiger partial charge on any atom is 0.408 e. The van der Waals surface area contributed by atoms with Crippen LogP contribution in [0.5, 0.6) is 11.6 Å². The number of rotatable bonds is 10. The van der Waals surface area contributed by atoms with Gasteiger partial charge in [0.05, 0.1) is 42.1 Å². The van der Waals surface area contributed by atoms with Gasteiger partial charge in [0.25, 0.3) is 5.91 Å². The molecule has 4 aliphatic carbocycles. The van der Waals surface area contributed by atoms with E-state index in [9.17, 15) is 22.8 Å². The highest BCUT2D eigenvalue weighted by atomic mass is 32.2. The number of pyridine rings is 1. The fraction of sp³-hybridized carbons (Fsp3) is 0.686. The number of benzene rings is 1. The molecule has 0 radical (unpaired) electrons. The number of amides is 4. The smallest absolute Gasteiger partial charge is 0.408 e. The van der Waals surface area contributed by atoms with Crippen LogP contribution in [0.2, 0.25) is 0 Å². The lowest BCUT2D eigenvalue weighted by molar-refractivity contribution is -0.963. The monoisotopic (exact) mass is 990 g/mol. The number of morpholine rings is 1. The van der Waals surface area contributed by atoms with E-state index >= 15 is 4.79 Å². The van der Waals surface area contributed by atoms with Crippen molar-refractivity contribution in [1.82, 2.24) is 25.2 Å². The Hall–Kier alpha value is -5.01. The van der Waals surface area contributed by atoms with Crippen molar-refractivity contribution in [1.29, 1.82) is 0 Å². The lowest BCUT2D eigenvalue weighted by atomic mass is 9.83. The number of hydrogen-bond donors (Lipinski definition) is 4. The number of carbonyl (C=O) groups is 5. The summed E-state index contributed by atoms with van der Waals surface area (Å²) in [5, 5.41) is 15.1. The molecule has 8 aliphatic rings. The van der Waals surface area contributed by atoms with Crippen LogP contribution in [0.4, 0.5) is 4.79 Å². The molecule has 4 saturated carbocycles. The Labute approximate surface area is 410 Å². The molecule has 2 aromatic rings. The largest absolute Gasteiger partial charge is 0.554 e. The molecule has 18 nitrogen and oxygen atoms in total. The molecule has 4 N–H and O–H groups in total. The van der Waals surface area contributed by atoms with E-state index in [2.05, 4.69) is 34.9 Å². The van der Waals surface area contributed by atoms with E-state index in [0.717, 1.165) is 100 Å². The molecule has 4 aliphatic heterocycles. The van der Waals surface area contributed by atoms with Crippen LogP contribution in [0, 0.1) is 17.8 Å². The van der Waals surface area contributed by atoms with Crippen LogP contribution in [0.25, 0.3) is 10.9 Å². The zero-order chi connectivity index (χ0) is 49.4. The molecule has 10 rings (SSSR count). The fourth-order valence-corrected chi connectivity index (χ4v) is 13.4. The predicted molar refractivity (Wildman–Crippen MR) is 254 cm³/mol. The number of nitrogens with zero attached hydrogens (tertiary/aromatic N) is 2. The summed E-state index contributed by atoms with van der Waals surface area (Å²) in [6.45, 7) is 9.67. The summed E-state index contributed by atoms with van der Waals surface area (Å²) in [5.74, 6) is -1.13. The average molecular weight is 991 g/mol. The van der Waals surface area contributed by atoms with Gasteiger partial charge in [-0.15, -0.1) is 6.58 Å². The summed E-state index contributed by atoms with van der Waals surface area (Å²) >= 11 is 0. The van der Waals surface area contributed by atoms with Crippen LogP contribution in [0.3, 0.4) is 0 Å². The zero-order valence-electron chi connectivity index (χ0n) is 40.5. The molecule has 3 saturated heterocycles. The van der Waals surface area contributed by atoms with Gasteiger partial charge in [-0.05, 0) is 95.6 Å². The van der Waals surface area contributed by atoms with Gasteiger partial charge in [0, 0.05) is 37.0 Å². The molecule has 70 heavy (non-hydrogen) atoms. The molecule has 4 amide bonds. The first kappa shape index (κ1) is 50.0. The lowest BCUT2D eigenvalue weighted by Crippen LogP contribution is -3.22. The molecule has 2 unspecified atom stereocenters. The Morgan fingerprint density at radius 1 is 1.00 bits per heavy atom. The van der Waals surface area contributed by atoms with Crippen molar-refractivity contribution >= 4 is 51.2 Å². The Morgan fingerprint density at radius 3 is 2.36 bits per heavy atom. The second-order valence-corrected chi connectivity index (χ2v) is 23.5. The van der Waals surface area contributed by atoms with Gasteiger partial charge in [-0.1, -0.05) is 50.3 Å². The van der Waals surface area contributed by atoms with Gasteiger partial charge in [0.1, 0.15) is 53.8 Å². The minimum atomic E-state index is -4.02. The lowest BCUT2D eigenvalue weighted by Gasteiger charge is -2.45. The van der Waals surface area contributed by atoms with Crippen LogP contribution in [0.15, 0.2) is 36.9 Å². The Morgan fingerprint density at radius 2 is 1.69 bits per heavy atom. The molecule has 1 aromatic heterocycles. The summed E-state index contributed by atoms with van der Waals surface area (Å²) in [5.41, 5.74) is 0.0116. The van der Waals surface area contributed by atoms with E-state index < -0.39 is 74.7 Å². The third kappa shape index (κ3) is 10.3. The molecule has 1 aromatic carbocycles. The number of aromatic nitrogens is 1. The van der Waals surface area contributed by atoms with E-state index in [0.29, 0.717) is 56.0 Å². The normalized spacial score (nSPS) is 33.9. The summed E-state index contributed by atoms with van der Waals surface area (Å²) in [7, 11) is -4.02. The van der Waals surface area contributed by atoms with E-state index in [1.165, 1.54) is 4.90 Å². The first-order valence-electron chi connectivity index (χ1n) is 25.7. The molecule has 5 heterocycles. The van der Waals surface area contributed by atoms with Gasteiger partial charge < -0.3 is 49.3 Å². The van der Waals surface area contributed by atoms with Crippen molar-refractivity contribution < 1.29 is 61.3 Å². The Bertz CT molecular complexity index is 2410. The first-order chi connectivity index (χ1) is 33.7. The van der Waals surface area contributed by atoms with E-state index in [-0.39, 0.29) is 43.4 Å². The zero-order valence-corrected chi connectivity index (χ0v) is 41.3. The number of ether oxygens (including phenoxy) is 4. The first-order valence-corrected chi connectivity index (χ1v) is 27.2. The highest BCUT2D eigenvalue weighted by molar-refractivity contribution is 7.91. The van der Waals surface area contributed by atoms with Gasteiger partial charge in [-0.3, -0.25) is 19.1 Å². The fourth-order valence-electron chi connectivity index (χ4n) is 12.1. The van der Waals surface area contributed by atoms with Crippen molar-refractivity contribution in [2.75, 3.05) is 26.3 Å². The third-order valence-corrected chi connectivity index (χ3v) is 18.8. The second-order valence-electron chi connectivity index (χ2n) is 21.3. The molecular weight excluding hydrogens is 921 g/mol. The molecule has 382 valence electrons. The topological polar surface area (TPSA) is 236 Å². The van der Waals surface area contributed by atoms with Gasteiger partial charge in [-0.2, -0.15) is 0 Å². The summed E-state index contributed by atoms with van der Waals surface area (Å²) in [4.78, 5) is 74.1. The maximum atomic E-state index is 15.2. The minimum Gasteiger partial charge on any atom is -0.554 e. The standard InChI is InChI=1S/C50H68N6O10S.CH2O2/c1-4-32-26-50(32,47(59)54-67(61,62)49(3)20-21-49)53-44(57)40-25-36-27-56(40)46(58)42(30-14-8-6-9-15-30)52-48(60)66-41-22-31(41)16-10-7-11-18-38-43(37-17-12-13-19-39(37)51-45(38)65-36)64-35-23-33-28-63-29-34(24-35)55(33)5-2;2-1-3/h4,12-13,17,19,30-36,40-42H,1,5-11,14-16,18,20-29H2,2-3H3,(H,52,60)(H,53,57)(H,54,59);1H,(H,2,3)/t31-,32-,33?,34?,35?,36-,40+,41-,42+,50-;/m1./s1.